The zero-order valence-electron chi connectivity index (χ0n) is 11.4. The molecule has 0 spiro atoms. The molecule has 0 unspecified atom stereocenters. The number of nitrogens with zero attached hydrogens (tertiary/aromatic N) is 1. The van der Waals surface area contributed by atoms with Crippen molar-refractivity contribution in [2.75, 3.05) is 26.8 Å². The fraction of sp³-hybridized carbons (Fsp3) is 0.615. The number of carbonyl (C=O) groups excluding carboxylic acids is 1. The number of rotatable bonds is 7. The number of amides is 2. The number of carbonyl (C=O) groups is 1. The van der Waals surface area contributed by atoms with Crippen molar-refractivity contribution < 1.29 is 13.9 Å². The molecule has 1 rings (SSSR count). The number of hydrogen-bond acceptors (Lipinski definition) is 3. The third-order valence-corrected chi connectivity index (χ3v) is 2.61. The molecule has 0 atom stereocenters. The van der Waals surface area contributed by atoms with Gasteiger partial charge in [0, 0.05) is 26.8 Å². The zero-order valence-corrected chi connectivity index (χ0v) is 11.4. The zero-order chi connectivity index (χ0) is 13.4. The van der Waals surface area contributed by atoms with Gasteiger partial charge in [-0.1, -0.05) is 0 Å². The fourth-order valence-electron chi connectivity index (χ4n) is 1.61. The first-order valence-electron chi connectivity index (χ1n) is 6.24. The van der Waals surface area contributed by atoms with Crippen molar-refractivity contribution in [1.29, 1.82) is 0 Å². The molecule has 5 nitrogen and oxygen atoms in total. The molecule has 1 heterocycles. The van der Waals surface area contributed by atoms with Crippen molar-refractivity contribution in [3.8, 4) is 0 Å². The summed E-state index contributed by atoms with van der Waals surface area (Å²) in [7, 11) is 1.65. The van der Waals surface area contributed by atoms with Crippen LogP contribution in [0.5, 0.6) is 0 Å². The topological polar surface area (TPSA) is 54.7 Å². The van der Waals surface area contributed by atoms with Crippen molar-refractivity contribution in [2.24, 2.45) is 0 Å². The Kier molecular flexibility index (Phi) is 6.28. The average molecular weight is 254 g/mol. The minimum absolute atomic E-state index is 0.0670. The second-order valence-electron chi connectivity index (χ2n) is 4.10. The predicted octanol–water partition coefficient (Wildman–Crippen LogP) is 2.16. The van der Waals surface area contributed by atoms with Gasteiger partial charge in [0.15, 0.2) is 0 Å². The van der Waals surface area contributed by atoms with Crippen LogP contribution in [0.4, 0.5) is 4.79 Å². The Hall–Kier alpha value is -1.49. The van der Waals surface area contributed by atoms with Crippen molar-refractivity contribution in [2.45, 2.75) is 26.8 Å². The van der Waals surface area contributed by atoms with E-state index in [9.17, 15) is 4.79 Å². The maximum atomic E-state index is 11.9. The molecule has 2 amide bonds. The second kappa shape index (κ2) is 7.76. The normalized spacial score (nSPS) is 10.4. The number of aryl methyl sites for hydroxylation is 1. The Morgan fingerprint density at radius 2 is 2.28 bits per heavy atom. The Morgan fingerprint density at radius 3 is 2.83 bits per heavy atom. The van der Waals surface area contributed by atoms with Crippen LogP contribution in [0.3, 0.4) is 0 Å². The number of urea groups is 1. The molecule has 0 fully saturated rings. The highest BCUT2D eigenvalue weighted by Crippen LogP contribution is 2.09. The first kappa shape index (κ1) is 14.6. The van der Waals surface area contributed by atoms with Gasteiger partial charge >= 0.3 is 6.03 Å². The lowest BCUT2D eigenvalue weighted by Gasteiger charge is -2.20. The van der Waals surface area contributed by atoms with Crippen molar-refractivity contribution in [3.05, 3.63) is 23.7 Å². The van der Waals surface area contributed by atoms with Crippen LogP contribution in [0.25, 0.3) is 0 Å². The summed E-state index contributed by atoms with van der Waals surface area (Å²) in [6.45, 7) is 6.27. The van der Waals surface area contributed by atoms with E-state index in [4.69, 9.17) is 9.15 Å². The van der Waals surface area contributed by atoms with Gasteiger partial charge in [0.25, 0.3) is 0 Å². The van der Waals surface area contributed by atoms with Gasteiger partial charge < -0.3 is 19.4 Å². The number of hydrogen-bond donors (Lipinski definition) is 1. The monoisotopic (exact) mass is 254 g/mol. The van der Waals surface area contributed by atoms with E-state index >= 15 is 0 Å². The molecule has 0 aliphatic rings. The molecule has 0 saturated carbocycles. The maximum Gasteiger partial charge on any atom is 0.317 e. The van der Waals surface area contributed by atoms with Crippen LogP contribution in [-0.4, -0.2) is 37.7 Å². The summed E-state index contributed by atoms with van der Waals surface area (Å²) in [4.78, 5) is 13.6. The highest BCUT2D eigenvalue weighted by atomic mass is 16.5. The maximum absolute atomic E-state index is 11.9. The summed E-state index contributed by atoms with van der Waals surface area (Å²) < 4.78 is 10.4. The molecular formula is C13H22N2O3. The fourth-order valence-corrected chi connectivity index (χ4v) is 1.61. The molecule has 0 bridgehead atoms. The van der Waals surface area contributed by atoms with Gasteiger partial charge in [0.05, 0.1) is 6.54 Å². The smallest absolute Gasteiger partial charge is 0.317 e. The van der Waals surface area contributed by atoms with Crippen LogP contribution >= 0.6 is 0 Å². The van der Waals surface area contributed by atoms with Crippen molar-refractivity contribution in [3.63, 3.8) is 0 Å². The number of nitrogens with one attached hydrogen (secondary N) is 1. The number of methoxy groups -OCH3 is 1. The van der Waals surface area contributed by atoms with E-state index in [1.165, 1.54) is 0 Å². The van der Waals surface area contributed by atoms with Crippen molar-refractivity contribution >= 4 is 6.03 Å². The van der Waals surface area contributed by atoms with Crippen LogP contribution in [-0.2, 0) is 11.3 Å². The Labute approximate surface area is 108 Å². The van der Waals surface area contributed by atoms with Gasteiger partial charge in [-0.25, -0.2) is 4.79 Å². The van der Waals surface area contributed by atoms with E-state index in [1.54, 1.807) is 12.0 Å². The van der Waals surface area contributed by atoms with Crippen LogP contribution < -0.4 is 5.32 Å². The van der Waals surface area contributed by atoms with Crippen LogP contribution in [0, 0.1) is 6.92 Å². The summed E-state index contributed by atoms with van der Waals surface area (Å²) in [6, 6.07) is 3.73. The molecule has 1 N–H and O–H groups in total. The van der Waals surface area contributed by atoms with Gasteiger partial charge in [-0.2, -0.15) is 0 Å². The standard InChI is InChI=1S/C13H22N2O3/c1-4-15(10-12-7-6-11(2)18-12)13(16)14-8-5-9-17-3/h6-7H,4-5,8-10H2,1-3H3,(H,14,16). The van der Waals surface area contributed by atoms with E-state index in [2.05, 4.69) is 5.32 Å². The van der Waals surface area contributed by atoms with Gasteiger partial charge in [-0.3, -0.25) is 0 Å². The Bertz CT molecular complexity index is 363. The molecule has 1 aromatic rings. The average Bonchev–Trinajstić information content (AvgIpc) is 2.77. The minimum atomic E-state index is -0.0670. The molecule has 1 aromatic heterocycles. The lowest BCUT2D eigenvalue weighted by molar-refractivity contribution is 0.182. The molecule has 102 valence electrons. The molecule has 0 saturated heterocycles. The summed E-state index contributed by atoms with van der Waals surface area (Å²) >= 11 is 0. The molecule has 5 heteroatoms. The third kappa shape index (κ3) is 4.79. The van der Waals surface area contributed by atoms with E-state index in [-0.39, 0.29) is 6.03 Å². The molecular weight excluding hydrogens is 232 g/mol. The third-order valence-electron chi connectivity index (χ3n) is 2.61. The van der Waals surface area contributed by atoms with E-state index in [1.807, 2.05) is 26.0 Å². The molecule has 18 heavy (non-hydrogen) atoms. The Balaban J connectivity index is 2.37. The number of furan rings is 1. The van der Waals surface area contributed by atoms with Gasteiger partial charge in [0.1, 0.15) is 11.5 Å². The lowest BCUT2D eigenvalue weighted by Crippen LogP contribution is -2.39. The highest BCUT2D eigenvalue weighted by molar-refractivity contribution is 5.74. The first-order valence-corrected chi connectivity index (χ1v) is 6.24. The van der Waals surface area contributed by atoms with Gasteiger partial charge in [0.2, 0.25) is 0 Å². The van der Waals surface area contributed by atoms with E-state index in [0.717, 1.165) is 17.9 Å². The van der Waals surface area contributed by atoms with Gasteiger partial charge in [-0.15, -0.1) is 0 Å². The highest BCUT2D eigenvalue weighted by Gasteiger charge is 2.12. The summed E-state index contributed by atoms with van der Waals surface area (Å²) in [6.07, 6.45) is 0.819. The summed E-state index contributed by atoms with van der Waals surface area (Å²) in [5, 5.41) is 2.86. The first-order chi connectivity index (χ1) is 8.67. The van der Waals surface area contributed by atoms with Crippen molar-refractivity contribution in [1.82, 2.24) is 10.2 Å². The van der Waals surface area contributed by atoms with Crippen LogP contribution in [0.2, 0.25) is 0 Å². The summed E-state index contributed by atoms with van der Waals surface area (Å²) in [5.74, 6) is 1.67. The summed E-state index contributed by atoms with van der Waals surface area (Å²) in [5.41, 5.74) is 0. The molecule has 0 radical (unpaired) electrons. The molecule has 0 aliphatic carbocycles. The number of ether oxygens (including phenoxy) is 1. The second-order valence-corrected chi connectivity index (χ2v) is 4.10. The predicted molar refractivity (Wildman–Crippen MR) is 69.4 cm³/mol. The molecule has 0 aliphatic heterocycles. The lowest BCUT2D eigenvalue weighted by atomic mass is 10.4. The molecule has 0 aromatic carbocycles. The SMILES string of the molecule is CCN(Cc1ccc(C)o1)C(=O)NCCCOC. The Morgan fingerprint density at radius 1 is 1.50 bits per heavy atom. The van der Waals surface area contributed by atoms with E-state index in [0.29, 0.717) is 26.2 Å². The van der Waals surface area contributed by atoms with E-state index < -0.39 is 0 Å². The van der Waals surface area contributed by atoms with Crippen LogP contribution in [0.1, 0.15) is 24.9 Å². The quantitative estimate of drug-likeness (QED) is 0.759. The van der Waals surface area contributed by atoms with Crippen LogP contribution in [0.15, 0.2) is 16.5 Å². The minimum Gasteiger partial charge on any atom is -0.464 e. The largest absolute Gasteiger partial charge is 0.464 e. The van der Waals surface area contributed by atoms with Gasteiger partial charge in [-0.05, 0) is 32.4 Å².